The average molecular weight is 329 g/mol. The molecule has 1 aromatic carbocycles. The lowest BCUT2D eigenvalue weighted by Crippen LogP contribution is -2.39. The molecular weight excluding hydrogens is 319 g/mol. The van der Waals surface area contributed by atoms with Crippen LogP contribution in [0.15, 0.2) is 22.7 Å². The fourth-order valence-electron chi connectivity index (χ4n) is 1.25. The summed E-state index contributed by atoms with van der Waals surface area (Å²) >= 11 is 2.98. The van der Waals surface area contributed by atoms with Crippen molar-refractivity contribution in [2.75, 3.05) is 18.4 Å². The number of hydrogen-bond acceptors (Lipinski definition) is 2. The quantitative estimate of drug-likeness (QED) is 0.832. The summed E-state index contributed by atoms with van der Waals surface area (Å²) in [6.07, 6.45) is 5.06. The molecule has 0 spiro atoms. The Hall–Kier alpha value is -2.07. The predicted molar refractivity (Wildman–Crippen MR) is 71.2 cm³/mol. The second-order valence-corrected chi connectivity index (χ2v) is 4.37. The van der Waals surface area contributed by atoms with Gasteiger partial charge in [-0.05, 0) is 34.1 Å². The summed E-state index contributed by atoms with van der Waals surface area (Å²) in [5.74, 6) is 0.549. The van der Waals surface area contributed by atoms with Gasteiger partial charge in [0.2, 0.25) is 0 Å². The fourth-order valence-corrected chi connectivity index (χ4v) is 1.63. The molecule has 7 heteroatoms. The number of halogens is 2. The molecule has 0 aromatic heterocycles. The minimum Gasteiger partial charge on any atom is -0.480 e. The van der Waals surface area contributed by atoms with Gasteiger partial charge in [0.1, 0.15) is 12.4 Å². The van der Waals surface area contributed by atoms with Gasteiger partial charge in [-0.3, -0.25) is 4.79 Å². The van der Waals surface area contributed by atoms with Crippen LogP contribution >= 0.6 is 15.9 Å². The Morgan fingerprint density at radius 3 is 2.74 bits per heavy atom. The molecule has 5 nitrogen and oxygen atoms in total. The minimum atomic E-state index is -1.18. The Morgan fingerprint density at radius 1 is 1.53 bits per heavy atom. The van der Waals surface area contributed by atoms with Crippen molar-refractivity contribution >= 4 is 33.6 Å². The van der Waals surface area contributed by atoms with Crippen LogP contribution in [-0.4, -0.2) is 35.1 Å². The molecule has 0 heterocycles. The number of carbonyl (C=O) groups excluding carboxylic acids is 1. The van der Waals surface area contributed by atoms with E-state index in [9.17, 15) is 14.0 Å². The van der Waals surface area contributed by atoms with Crippen LogP contribution in [0.5, 0.6) is 0 Å². The van der Waals surface area contributed by atoms with E-state index in [-0.39, 0.29) is 11.0 Å². The predicted octanol–water partition coefficient (Wildman–Crippen LogP) is 2.14. The van der Waals surface area contributed by atoms with Crippen molar-refractivity contribution in [1.29, 1.82) is 0 Å². The van der Waals surface area contributed by atoms with E-state index in [1.165, 1.54) is 18.2 Å². The smallest absolute Gasteiger partial charge is 0.323 e. The van der Waals surface area contributed by atoms with Crippen LogP contribution in [0.2, 0.25) is 0 Å². The maximum atomic E-state index is 13.0. The number of rotatable bonds is 4. The lowest BCUT2D eigenvalue weighted by atomic mass is 10.3. The SMILES string of the molecule is C#CCN(CC(=O)O)C(=O)Nc1ccc(F)c(Br)c1. The van der Waals surface area contributed by atoms with Crippen molar-refractivity contribution in [1.82, 2.24) is 4.90 Å². The molecular formula is C12H10BrFN2O3. The average Bonchev–Trinajstić information content (AvgIpc) is 2.33. The van der Waals surface area contributed by atoms with E-state index in [1.54, 1.807) is 0 Å². The molecule has 0 saturated heterocycles. The zero-order valence-corrected chi connectivity index (χ0v) is 11.3. The van der Waals surface area contributed by atoms with E-state index < -0.39 is 24.4 Å². The van der Waals surface area contributed by atoms with Crippen LogP contribution in [0.4, 0.5) is 14.9 Å². The summed E-state index contributed by atoms with van der Waals surface area (Å²) in [5, 5.41) is 11.1. The van der Waals surface area contributed by atoms with Crippen LogP contribution < -0.4 is 5.32 Å². The van der Waals surface area contributed by atoms with Gasteiger partial charge in [0, 0.05) is 5.69 Å². The Balaban J connectivity index is 2.78. The fraction of sp³-hybridized carbons (Fsp3) is 0.167. The number of nitrogens with zero attached hydrogens (tertiary/aromatic N) is 1. The second kappa shape index (κ2) is 6.75. The van der Waals surface area contributed by atoms with E-state index in [4.69, 9.17) is 11.5 Å². The number of anilines is 1. The lowest BCUT2D eigenvalue weighted by Gasteiger charge is -2.18. The number of carboxylic acid groups (broad SMARTS) is 1. The van der Waals surface area contributed by atoms with Gasteiger partial charge in [0.15, 0.2) is 0 Å². The van der Waals surface area contributed by atoms with Gasteiger partial charge in [-0.2, -0.15) is 0 Å². The van der Waals surface area contributed by atoms with E-state index >= 15 is 0 Å². The molecule has 0 aliphatic carbocycles. The molecule has 1 rings (SSSR count). The number of carboxylic acids is 1. The first-order chi connectivity index (χ1) is 8.93. The van der Waals surface area contributed by atoms with E-state index in [0.717, 1.165) is 4.90 Å². The normalized spacial score (nSPS) is 9.53. The molecule has 0 aliphatic rings. The Bertz CT molecular complexity index is 542. The van der Waals surface area contributed by atoms with Crippen LogP contribution in [0.3, 0.4) is 0 Å². The number of terminal acetylenes is 1. The first-order valence-corrected chi connectivity index (χ1v) is 5.89. The molecule has 0 atom stereocenters. The summed E-state index contributed by atoms with van der Waals surface area (Å²) in [6.45, 7) is -0.654. The van der Waals surface area contributed by atoms with Crippen LogP contribution in [0.1, 0.15) is 0 Å². The van der Waals surface area contributed by atoms with Crippen molar-refractivity contribution < 1.29 is 19.1 Å². The number of amides is 2. The molecule has 2 N–H and O–H groups in total. The zero-order chi connectivity index (χ0) is 14.4. The maximum Gasteiger partial charge on any atom is 0.323 e. The molecule has 0 radical (unpaired) electrons. The molecule has 19 heavy (non-hydrogen) atoms. The lowest BCUT2D eigenvalue weighted by molar-refractivity contribution is -0.137. The van der Waals surface area contributed by atoms with Crippen LogP contribution in [0.25, 0.3) is 0 Å². The summed E-state index contributed by atoms with van der Waals surface area (Å²) in [6, 6.07) is 3.22. The molecule has 1 aromatic rings. The third-order valence-electron chi connectivity index (χ3n) is 2.07. The highest BCUT2D eigenvalue weighted by molar-refractivity contribution is 9.10. The Morgan fingerprint density at radius 2 is 2.21 bits per heavy atom. The van der Waals surface area contributed by atoms with Gasteiger partial charge in [0.25, 0.3) is 0 Å². The van der Waals surface area contributed by atoms with Gasteiger partial charge in [-0.15, -0.1) is 6.42 Å². The first-order valence-electron chi connectivity index (χ1n) is 5.10. The van der Waals surface area contributed by atoms with Crippen LogP contribution in [0, 0.1) is 18.2 Å². The number of hydrogen-bond donors (Lipinski definition) is 2. The van der Waals surface area contributed by atoms with Gasteiger partial charge in [-0.1, -0.05) is 5.92 Å². The van der Waals surface area contributed by atoms with E-state index in [1.807, 2.05) is 0 Å². The zero-order valence-electron chi connectivity index (χ0n) is 9.69. The molecule has 100 valence electrons. The molecule has 0 unspecified atom stereocenters. The van der Waals surface area contributed by atoms with Crippen molar-refractivity contribution in [2.45, 2.75) is 0 Å². The number of aliphatic carboxylic acids is 1. The van der Waals surface area contributed by atoms with E-state index in [2.05, 4.69) is 27.2 Å². The second-order valence-electron chi connectivity index (χ2n) is 3.51. The summed E-state index contributed by atoms with van der Waals surface area (Å²) in [4.78, 5) is 23.3. The van der Waals surface area contributed by atoms with Crippen molar-refractivity contribution in [3.05, 3.63) is 28.5 Å². The maximum absolute atomic E-state index is 13.0. The van der Waals surface area contributed by atoms with Crippen molar-refractivity contribution in [3.63, 3.8) is 0 Å². The summed E-state index contributed by atoms with van der Waals surface area (Å²) in [7, 11) is 0. The summed E-state index contributed by atoms with van der Waals surface area (Å²) in [5.41, 5.74) is 0.325. The highest BCUT2D eigenvalue weighted by Crippen LogP contribution is 2.20. The van der Waals surface area contributed by atoms with Crippen molar-refractivity contribution in [3.8, 4) is 12.3 Å². The number of carbonyl (C=O) groups is 2. The third-order valence-corrected chi connectivity index (χ3v) is 2.67. The van der Waals surface area contributed by atoms with E-state index in [0.29, 0.717) is 5.69 Å². The largest absolute Gasteiger partial charge is 0.480 e. The molecule has 2 amide bonds. The Labute approximate surface area is 117 Å². The highest BCUT2D eigenvalue weighted by atomic mass is 79.9. The van der Waals surface area contributed by atoms with Crippen LogP contribution in [-0.2, 0) is 4.79 Å². The highest BCUT2D eigenvalue weighted by Gasteiger charge is 2.16. The number of urea groups is 1. The molecule has 0 fully saturated rings. The minimum absolute atomic E-state index is 0.138. The van der Waals surface area contributed by atoms with Gasteiger partial charge < -0.3 is 15.3 Å². The Kier molecular flexibility index (Phi) is 5.33. The molecule has 0 saturated carbocycles. The molecule has 0 bridgehead atoms. The first kappa shape index (κ1) is 15.0. The number of nitrogens with one attached hydrogen (secondary N) is 1. The third kappa shape index (κ3) is 4.60. The monoisotopic (exact) mass is 328 g/mol. The summed E-state index contributed by atoms with van der Waals surface area (Å²) < 4.78 is 13.2. The standard InChI is InChI=1S/C12H10BrFN2O3/c1-2-5-16(7-11(17)18)12(19)15-8-3-4-10(14)9(13)6-8/h1,3-4,6H,5,7H2,(H,15,19)(H,17,18). The van der Waals surface area contributed by atoms with Gasteiger partial charge in [-0.25, -0.2) is 9.18 Å². The molecule has 0 aliphatic heterocycles. The van der Waals surface area contributed by atoms with Gasteiger partial charge >= 0.3 is 12.0 Å². The van der Waals surface area contributed by atoms with Gasteiger partial charge in [0.05, 0.1) is 11.0 Å². The van der Waals surface area contributed by atoms with Crippen molar-refractivity contribution in [2.24, 2.45) is 0 Å². The number of benzene rings is 1. The topological polar surface area (TPSA) is 69.6 Å².